The van der Waals surface area contributed by atoms with E-state index in [1.54, 1.807) is 0 Å². The third-order valence-corrected chi connectivity index (χ3v) is 3.16. The van der Waals surface area contributed by atoms with Crippen LogP contribution in [-0.2, 0) is 57.2 Å². The van der Waals surface area contributed by atoms with Gasteiger partial charge in [0.1, 0.15) is 0 Å². The Kier molecular flexibility index (Phi) is 8.04. The smallest absolute Gasteiger partial charge is 0.347 e. The van der Waals surface area contributed by atoms with Gasteiger partial charge in [-0.3, -0.25) is 24.0 Å². The highest BCUT2D eigenvalue weighted by Crippen LogP contribution is 2.30. The largest absolute Gasteiger partial charge is 0.455 e. The molecule has 5 atom stereocenters. The molecule has 1 saturated heterocycles. The highest BCUT2D eigenvalue weighted by Gasteiger charge is 2.56. The molecule has 0 aromatic rings. The lowest BCUT2D eigenvalue weighted by molar-refractivity contribution is -0.293. The van der Waals surface area contributed by atoms with E-state index in [2.05, 4.69) is 4.74 Å². The molecule has 0 amide bonds. The van der Waals surface area contributed by atoms with Gasteiger partial charge in [-0.05, 0) is 0 Å². The van der Waals surface area contributed by atoms with Gasteiger partial charge >= 0.3 is 35.8 Å². The zero-order valence-electron chi connectivity index (χ0n) is 15.8. The summed E-state index contributed by atoms with van der Waals surface area (Å²) in [5, 5.41) is 0. The second-order valence-corrected chi connectivity index (χ2v) is 5.67. The summed E-state index contributed by atoms with van der Waals surface area (Å²) < 4.78 is 29.7. The van der Waals surface area contributed by atoms with Gasteiger partial charge in [0.2, 0.25) is 12.4 Å². The molecule has 28 heavy (non-hydrogen) atoms. The van der Waals surface area contributed by atoms with Crippen molar-refractivity contribution in [2.75, 3.05) is 0 Å². The zero-order chi connectivity index (χ0) is 21.6. The standard InChI is InChI=1S/C16H20O12/c1-6(17)23-11-12(24-7(2)18)14(25-8(3)19)16(27-10(5)21)28-13(11)15(22)26-9(4)20/h11-14,16H,1-5H3/t11-,12-,13-,14+,16-/m0/s1. The van der Waals surface area contributed by atoms with Crippen LogP contribution in [0.5, 0.6) is 0 Å². The molecule has 0 spiro atoms. The lowest BCUT2D eigenvalue weighted by atomic mass is 9.97. The maximum Gasteiger partial charge on any atom is 0.347 e. The molecule has 0 bridgehead atoms. The molecule has 0 unspecified atom stereocenters. The van der Waals surface area contributed by atoms with Crippen molar-refractivity contribution < 1.29 is 57.2 Å². The fourth-order valence-electron chi connectivity index (χ4n) is 2.42. The summed E-state index contributed by atoms with van der Waals surface area (Å²) in [6.07, 6.45) is -8.39. The third-order valence-electron chi connectivity index (χ3n) is 3.16. The summed E-state index contributed by atoms with van der Waals surface area (Å²) in [6, 6.07) is 0. The number of ether oxygens (including phenoxy) is 6. The van der Waals surface area contributed by atoms with E-state index in [0.717, 1.165) is 34.6 Å². The van der Waals surface area contributed by atoms with Gasteiger partial charge in [-0.25, -0.2) is 4.79 Å². The Balaban J connectivity index is 3.42. The molecule has 1 fully saturated rings. The summed E-state index contributed by atoms with van der Waals surface area (Å²) in [4.78, 5) is 69.2. The summed E-state index contributed by atoms with van der Waals surface area (Å²) in [5.41, 5.74) is 0. The molecule has 0 saturated carbocycles. The molecule has 12 nitrogen and oxygen atoms in total. The van der Waals surface area contributed by atoms with E-state index in [0.29, 0.717) is 0 Å². The summed E-state index contributed by atoms with van der Waals surface area (Å²) in [5.74, 6) is -5.83. The third kappa shape index (κ3) is 6.61. The van der Waals surface area contributed by atoms with Crippen molar-refractivity contribution in [3.63, 3.8) is 0 Å². The zero-order valence-corrected chi connectivity index (χ0v) is 15.8. The van der Waals surface area contributed by atoms with E-state index in [9.17, 15) is 28.8 Å². The summed E-state index contributed by atoms with van der Waals surface area (Å²) in [7, 11) is 0. The van der Waals surface area contributed by atoms with Gasteiger partial charge in [0, 0.05) is 34.6 Å². The quantitative estimate of drug-likeness (QED) is 0.318. The van der Waals surface area contributed by atoms with E-state index in [4.69, 9.17) is 23.7 Å². The van der Waals surface area contributed by atoms with Crippen molar-refractivity contribution in [1.29, 1.82) is 0 Å². The highest BCUT2D eigenvalue weighted by atomic mass is 16.8. The number of rotatable bonds is 5. The predicted octanol–water partition coefficient (Wildman–Crippen LogP) is -0.841. The molecule has 12 heteroatoms. The normalized spacial score (nSPS) is 26.4. The van der Waals surface area contributed by atoms with Crippen molar-refractivity contribution in [2.45, 2.75) is 65.3 Å². The second-order valence-electron chi connectivity index (χ2n) is 5.67. The van der Waals surface area contributed by atoms with E-state index < -0.39 is 66.5 Å². The lowest BCUT2D eigenvalue weighted by Crippen LogP contribution is -2.64. The minimum Gasteiger partial charge on any atom is -0.455 e. The SMILES string of the molecule is CC(=O)OC(=O)[C@H]1O[C@H](OC(C)=O)[C@H](OC(C)=O)[C@@H](OC(C)=O)[C@@H]1OC(C)=O. The van der Waals surface area contributed by atoms with Gasteiger partial charge < -0.3 is 28.4 Å². The van der Waals surface area contributed by atoms with Gasteiger partial charge in [0.25, 0.3) is 0 Å². The average Bonchev–Trinajstić information content (AvgIpc) is 2.50. The first kappa shape index (κ1) is 23.0. The fraction of sp³-hybridized carbons (Fsp3) is 0.625. The van der Waals surface area contributed by atoms with Crippen molar-refractivity contribution >= 4 is 35.8 Å². The van der Waals surface area contributed by atoms with Crippen LogP contribution in [-0.4, -0.2) is 66.5 Å². The van der Waals surface area contributed by atoms with Crippen molar-refractivity contribution in [2.24, 2.45) is 0 Å². The van der Waals surface area contributed by atoms with Crippen LogP contribution >= 0.6 is 0 Å². The monoisotopic (exact) mass is 404 g/mol. The topological polar surface area (TPSA) is 158 Å². The van der Waals surface area contributed by atoms with E-state index >= 15 is 0 Å². The van der Waals surface area contributed by atoms with Gasteiger partial charge in [-0.2, -0.15) is 0 Å². The van der Waals surface area contributed by atoms with Crippen LogP contribution in [0.2, 0.25) is 0 Å². The predicted molar refractivity (Wildman–Crippen MR) is 83.9 cm³/mol. The highest BCUT2D eigenvalue weighted by molar-refractivity contribution is 5.87. The molecule has 0 aliphatic carbocycles. The van der Waals surface area contributed by atoms with E-state index in [1.165, 1.54) is 0 Å². The summed E-state index contributed by atoms with van der Waals surface area (Å²) in [6.45, 7) is 4.98. The molecule has 1 aliphatic rings. The average molecular weight is 404 g/mol. The Morgan fingerprint density at radius 1 is 0.571 bits per heavy atom. The van der Waals surface area contributed by atoms with Crippen LogP contribution in [0.3, 0.4) is 0 Å². The van der Waals surface area contributed by atoms with Gasteiger partial charge in [0.15, 0.2) is 18.3 Å². The molecule has 156 valence electrons. The number of hydrogen-bond acceptors (Lipinski definition) is 12. The fourth-order valence-corrected chi connectivity index (χ4v) is 2.42. The Morgan fingerprint density at radius 3 is 1.43 bits per heavy atom. The maximum absolute atomic E-state index is 12.2. The molecule has 0 aromatic carbocycles. The summed E-state index contributed by atoms with van der Waals surface area (Å²) >= 11 is 0. The van der Waals surface area contributed by atoms with Crippen LogP contribution in [0.25, 0.3) is 0 Å². The molecule has 1 aliphatic heterocycles. The second kappa shape index (κ2) is 9.78. The molecule has 0 N–H and O–H groups in total. The first-order chi connectivity index (χ1) is 12.9. The van der Waals surface area contributed by atoms with E-state index in [1.807, 2.05) is 0 Å². The lowest BCUT2D eigenvalue weighted by Gasteiger charge is -2.42. The first-order valence-electron chi connectivity index (χ1n) is 7.99. The molecule has 0 aromatic heterocycles. The van der Waals surface area contributed by atoms with Crippen LogP contribution < -0.4 is 0 Å². The van der Waals surface area contributed by atoms with Gasteiger partial charge in [-0.15, -0.1) is 0 Å². The Hall–Kier alpha value is -3.02. The van der Waals surface area contributed by atoms with E-state index in [-0.39, 0.29) is 0 Å². The van der Waals surface area contributed by atoms with Crippen molar-refractivity contribution in [3.05, 3.63) is 0 Å². The Labute approximate surface area is 159 Å². The molecule has 1 heterocycles. The van der Waals surface area contributed by atoms with Crippen LogP contribution in [0.4, 0.5) is 0 Å². The molecular weight excluding hydrogens is 384 g/mol. The van der Waals surface area contributed by atoms with Crippen LogP contribution in [0.1, 0.15) is 34.6 Å². The minimum atomic E-state index is -1.83. The van der Waals surface area contributed by atoms with Crippen molar-refractivity contribution in [1.82, 2.24) is 0 Å². The molecule has 1 rings (SSSR count). The maximum atomic E-state index is 12.2. The number of carbonyl (C=O) groups excluding carboxylic acids is 6. The van der Waals surface area contributed by atoms with Gasteiger partial charge in [0.05, 0.1) is 0 Å². The number of hydrogen-bond donors (Lipinski definition) is 0. The minimum absolute atomic E-state index is 0.866. The Bertz CT molecular complexity index is 669. The first-order valence-corrected chi connectivity index (χ1v) is 7.99. The van der Waals surface area contributed by atoms with Crippen LogP contribution in [0, 0.1) is 0 Å². The Morgan fingerprint density at radius 2 is 1.00 bits per heavy atom. The molecule has 0 radical (unpaired) electrons. The number of carbonyl (C=O) groups is 6. The van der Waals surface area contributed by atoms with Crippen LogP contribution in [0.15, 0.2) is 0 Å². The van der Waals surface area contributed by atoms with Crippen molar-refractivity contribution in [3.8, 4) is 0 Å². The number of esters is 6. The van der Waals surface area contributed by atoms with Gasteiger partial charge in [-0.1, -0.05) is 0 Å². The molecular formula is C16H20O12.